The minimum atomic E-state index is -0.783. The molecule has 0 bridgehead atoms. The van der Waals surface area contributed by atoms with E-state index in [0.717, 1.165) is 12.0 Å². The van der Waals surface area contributed by atoms with Gasteiger partial charge < -0.3 is 14.8 Å². The molecule has 0 aromatic heterocycles. The first-order valence-corrected chi connectivity index (χ1v) is 8.15. The molecule has 2 aliphatic carbocycles. The maximum absolute atomic E-state index is 12.0. The van der Waals surface area contributed by atoms with E-state index in [1.165, 1.54) is 7.11 Å². The van der Waals surface area contributed by atoms with Gasteiger partial charge in [0.05, 0.1) is 7.11 Å². The van der Waals surface area contributed by atoms with Gasteiger partial charge in [-0.1, -0.05) is 30.4 Å². The van der Waals surface area contributed by atoms with Gasteiger partial charge >= 0.3 is 12.1 Å². The first-order valence-electron chi connectivity index (χ1n) is 8.15. The van der Waals surface area contributed by atoms with Gasteiger partial charge in [-0.15, -0.1) is 0 Å². The Morgan fingerprint density at radius 1 is 1.29 bits per heavy atom. The molecule has 1 atom stereocenters. The van der Waals surface area contributed by atoms with Crippen LogP contribution in [0.4, 0.5) is 4.79 Å². The van der Waals surface area contributed by atoms with Crippen LogP contribution < -0.4 is 5.32 Å². The largest absolute Gasteiger partial charge is 0.467 e. The molecule has 6 heteroatoms. The van der Waals surface area contributed by atoms with Crippen LogP contribution >= 0.6 is 0 Å². The van der Waals surface area contributed by atoms with Crippen molar-refractivity contribution in [2.24, 2.45) is 5.92 Å². The Labute approximate surface area is 141 Å². The molecule has 24 heavy (non-hydrogen) atoms. The summed E-state index contributed by atoms with van der Waals surface area (Å²) in [6.45, 7) is 0.129. The highest BCUT2D eigenvalue weighted by Crippen LogP contribution is 2.25. The van der Waals surface area contributed by atoms with E-state index in [4.69, 9.17) is 9.47 Å². The zero-order valence-corrected chi connectivity index (χ0v) is 13.8. The minimum absolute atomic E-state index is 0.109. The van der Waals surface area contributed by atoms with Crippen molar-refractivity contribution in [3.63, 3.8) is 0 Å². The van der Waals surface area contributed by atoms with Gasteiger partial charge in [-0.3, -0.25) is 4.79 Å². The maximum Gasteiger partial charge on any atom is 0.408 e. The van der Waals surface area contributed by atoms with Crippen molar-refractivity contribution in [1.29, 1.82) is 0 Å². The van der Waals surface area contributed by atoms with Crippen molar-refractivity contribution >= 4 is 17.8 Å². The average molecular weight is 333 g/mol. The molecule has 6 nitrogen and oxygen atoms in total. The van der Waals surface area contributed by atoms with E-state index in [1.54, 1.807) is 0 Å². The predicted molar refractivity (Wildman–Crippen MR) is 88.2 cm³/mol. The van der Waals surface area contributed by atoms with E-state index in [2.05, 4.69) is 5.32 Å². The second-order valence-corrected chi connectivity index (χ2v) is 5.91. The summed E-state index contributed by atoms with van der Waals surface area (Å²) in [6.07, 6.45) is 11.8. The van der Waals surface area contributed by atoms with Gasteiger partial charge in [0.2, 0.25) is 0 Å². The number of nitrogens with one attached hydrogen (secondary N) is 1. The van der Waals surface area contributed by atoms with Crippen molar-refractivity contribution in [2.45, 2.75) is 38.1 Å². The fraction of sp³-hybridized carbons (Fsp3) is 0.500. The van der Waals surface area contributed by atoms with Crippen molar-refractivity contribution < 1.29 is 23.9 Å². The number of hydrogen-bond donors (Lipinski definition) is 1. The number of methoxy groups -OCH3 is 1. The van der Waals surface area contributed by atoms with E-state index in [-0.39, 0.29) is 18.3 Å². The second kappa shape index (κ2) is 9.05. The Morgan fingerprint density at radius 3 is 2.75 bits per heavy atom. The van der Waals surface area contributed by atoms with Crippen molar-refractivity contribution in [2.75, 3.05) is 13.7 Å². The normalized spacial score (nSPS) is 19.2. The number of Topliss-reactive ketones (excluding diaryl/α,β-unsaturated/α-hetero) is 1. The number of allylic oxidation sites excluding steroid dienone is 4. The van der Waals surface area contributed by atoms with E-state index in [1.807, 2.05) is 30.4 Å². The lowest BCUT2D eigenvalue weighted by Crippen LogP contribution is -2.47. The molecule has 2 rings (SSSR count). The smallest absolute Gasteiger partial charge is 0.408 e. The van der Waals surface area contributed by atoms with Crippen LogP contribution in [-0.4, -0.2) is 37.6 Å². The van der Waals surface area contributed by atoms with Gasteiger partial charge in [-0.2, -0.15) is 0 Å². The summed E-state index contributed by atoms with van der Waals surface area (Å²) in [5.74, 6) is -0.428. The number of esters is 1. The highest BCUT2D eigenvalue weighted by Gasteiger charge is 2.33. The van der Waals surface area contributed by atoms with Crippen LogP contribution in [0.15, 0.2) is 36.0 Å². The number of carbonyl (C=O) groups excluding carboxylic acids is 3. The number of rotatable bonds is 5. The molecule has 130 valence electrons. The molecule has 1 saturated carbocycles. The first kappa shape index (κ1) is 18.0. The monoisotopic (exact) mass is 333 g/mol. The standard InChI is InChI=1S/C18H23NO5/c1-23-17(21)16(14-8-10-15(20)11-9-14)19-18(22)24-12-13-6-4-2-3-5-7-13/h2,4-7,14,16H,3,8-12H2,1H3,(H,19,22). The Balaban J connectivity index is 1.89. The number of amides is 1. The van der Waals surface area contributed by atoms with Gasteiger partial charge in [0.1, 0.15) is 18.4 Å². The van der Waals surface area contributed by atoms with Crippen LogP contribution in [0, 0.1) is 5.92 Å². The molecule has 0 radical (unpaired) electrons. The zero-order valence-electron chi connectivity index (χ0n) is 13.8. The maximum atomic E-state index is 12.0. The topological polar surface area (TPSA) is 81.7 Å². The van der Waals surface area contributed by atoms with Gasteiger partial charge in [0.15, 0.2) is 0 Å². The summed E-state index contributed by atoms with van der Waals surface area (Å²) in [5, 5.41) is 2.59. The fourth-order valence-electron chi connectivity index (χ4n) is 2.83. The van der Waals surface area contributed by atoms with Gasteiger partial charge in [-0.05, 0) is 30.8 Å². The second-order valence-electron chi connectivity index (χ2n) is 5.91. The Bertz CT molecular complexity index is 566. The lowest BCUT2D eigenvalue weighted by molar-refractivity contribution is -0.145. The van der Waals surface area contributed by atoms with E-state index < -0.39 is 18.1 Å². The minimum Gasteiger partial charge on any atom is -0.467 e. The summed E-state index contributed by atoms with van der Waals surface area (Å²) in [6, 6.07) is -0.783. The number of hydrogen-bond acceptors (Lipinski definition) is 5. The van der Waals surface area contributed by atoms with E-state index in [0.29, 0.717) is 25.7 Å². The number of alkyl carbamates (subject to hydrolysis) is 1. The third-order valence-corrected chi connectivity index (χ3v) is 4.21. The van der Waals surface area contributed by atoms with Crippen LogP contribution in [-0.2, 0) is 19.1 Å². The first-order chi connectivity index (χ1) is 11.6. The summed E-state index contributed by atoms with van der Waals surface area (Å²) in [4.78, 5) is 35.4. The number of ketones is 1. The number of ether oxygens (including phenoxy) is 2. The molecule has 0 spiro atoms. The molecular weight excluding hydrogens is 310 g/mol. The molecule has 0 saturated heterocycles. The third kappa shape index (κ3) is 5.37. The molecule has 0 aliphatic heterocycles. The SMILES string of the molecule is COC(=O)C(NC(=O)OCC1=CC=CCC=C1)C1CCC(=O)CC1. The van der Waals surface area contributed by atoms with Gasteiger partial charge in [0.25, 0.3) is 0 Å². The van der Waals surface area contributed by atoms with Crippen LogP contribution in [0.3, 0.4) is 0 Å². The molecule has 2 aliphatic rings. The lowest BCUT2D eigenvalue weighted by Gasteiger charge is -2.28. The van der Waals surface area contributed by atoms with Crippen molar-refractivity contribution in [3.8, 4) is 0 Å². The van der Waals surface area contributed by atoms with Crippen molar-refractivity contribution in [1.82, 2.24) is 5.32 Å². The molecule has 1 amide bonds. The molecular formula is C18H23NO5. The molecule has 0 aromatic rings. The number of carbonyl (C=O) groups is 3. The van der Waals surface area contributed by atoms with Crippen LogP contribution in [0.25, 0.3) is 0 Å². The zero-order chi connectivity index (χ0) is 17.4. The molecule has 0 aromatic carbocycles. The van der Waals surface area contributed by atoms with Crippen LogP contribution in [0.1, 0.15) is 32.1 Å². The average Bonchev–Trinajstić information content (AvgIpc) is 2.87. The van der Waals surface area contributed by atoms with Gasteiger partial charge in [0, 0.05) is 12.8 Å². The quantitative estimate of drug-likeness (QED) is 0.782. The summed E-state index contributed by atoms with van der Waals surface area (Å²) >= 11 is 0. The van der Waals surface area contributed by atoms with Crippen LogP contribution in [0.2, 0.25) is 0 Å². The van der Waals surface area contributed by atoms with E-state index in [9.17, 15) is 14.4 Å². The predicted octanol–water partition coefficient (Wildman–Crippen LogP) is 2.46. The van der Waals surface area contributed by atoms with Crippen LogP contribution in [0.5, 0.6) is 0 Å². The Kier molecular flexibility index (Phi) is 6.78. The lowest BCUT2D eigenvalue weighted by atomic mass is 9.83. The third-order valence-electron chi connectivity index (χ3n) is 4.21. The van der Waals surface area contributed by atoms with Crippen molar-refractivity contribution in [3.05, 3.63) is 36.0 Å². The molecule has 1 unspecified atom stereocenters. The summed E-state index contributed by atoms with van der Waals surface area (Å²) in [5.41, 5.74) is 0.872. The Hall–Kier alpha value is -2.37. The van der Waals surface area contributed by atoms with Gasteiger partial charge in [-0.25, -0.2) is 9.59 Å². The molecule has 0 heterocycles. The fourth-order valence-corrected chi connectivity index (χ4v) is 2.83. The summed E-state index contributed by atoms with van der Waals surface area (Å²) < 4.78 is 9.97. The highest BCUT2D eigenvalue weighted by molar-refractivity contribution is 5.83. The van der Waals surface area contributed by atoms with E-state index >= 15 is 0 Å². The molecule has 1 N–H and O–H groups in total. The highest BCUT2D eigenvalue weighted by atomic mass is 16.6. The summed E-state index contributed by atoms with van der Waals surface area (Å²) in [7, 11) is 1.28. The molecule has 1 fully saturated rings. The Morgan fingerprint density at radius 2 is 2.04 bits per heavy atom.